The van der Waals surface area contributed by atoms with Crippen molar-refractivity contribution in [1.82, 2.24) is 20.5 Å². The number of amides is 3. The van der Waals surface area contributed by atoms with Gasteiger partial charge in [0, 0.05) is 51.9 Å². The van der Waals surface area contributed by atoms with Gasteiger partial charge in [-0.1, -0.05) is 30.3 Å². The van der Waals surface area contributed by atoms with Crippen molar-refractivity contribution in [2.75, 3.05) is 37.6 Å². The summed E-state index contributed by atoms with van der Waals surface area (Å²) in [4.78, 5) is 31.9. The highest BCUT2D eigenvalue weighted by Crippen LogP contribution is 2.29. The maximum Gasteiger partial charge on any atom is 0.417 e. The summed E-state index contributed by atoms with van der Waals surface area (Å²) in [5.41, 5.74) is 0.198. The molecule has 0 atom stereocenters. The van der Waals surface area contributed by atoms with Crippen LogP contribution in [0.1, 0.15) is 24.0 Å². The van der Waals surface area contributed by atoms with Crippen LogP contribution < -0.4 is 15.5 Å². The Bertz CT molecular complexity index is 891. The summed E-state index contributed by atoms with van der Waals surface area (Å²) in [6.07, 6.45) is -2.73. The van der Waals surface area contributed by atoms with Crippen LogP contribution in [-0.2, 0) is 17.5 Å². The molecule has 0 aliphatic carbocycles. The number of benzene rings is 1. The summed E-state index contributed by atoms with van der Waals surface area (Å²) in [6.45, 7) is 2.70. The Labute approximate surface area is 184 Å². The minimum absolute atomic E-state index is 0.0735. The van der Waals surface area contributed by atoms with Gasteiger partial charge in [-0.25, -0.2) is 9.78 Å². The molecule has 1 fully saturated rings. The van der Waals surface area contributed by atoms with E-state index in [2.05, 4.69) is 15.6 Å². The third-order valence-electron chi connectivity index (χ3n) is 5.17. The van der Waals surface area contributed by atoms with Crippen molar-refractivity contribution in [2.45, 2.75) is 25.6 Å². The van der Waals surface area contributed by atoms with Crippen LogP contribution in [0.2, 0.25) is 0 Å². The first-order chi connectivity index (χ1) is 15.3. The van der Waals surface area contributed by atoms with E-state index >= 15 is 0 Å². The number of alkyl halides is 3. The lowest BCUT2D eigenvalue weighted by molar-refractivity contribution is -0.137. The van der Waals surface area contributed by atoms with Crippen LogP contribution >= 0.6 is 0 Å². The predicted molar refractivity (Wildman–Crippen MR) is 114 cm³/mol. The van der Waals surface area contributed by atoms with Gasteiger partial charge in [-0.2, -0.15) is 13.2 Å². The summed E-state index contributed by atoms with van der Waals surface area (Å²) in [7, 11) is 0. The van der Waals surface area contributed by atoms with Gasteiger partial charge in [-0.3, -0.25) is 4.79 Å². The molecule has 7 nitrogen and oxygen atoms in total. The van der Waals surface area contributed by atoms with E-state index in [0.717, 1.165) is 17.8 Å². The lowest BCUT2D eigenvalue weighted by Crippen LogP contribution is -2.39. The minimum Gasteiger partial charge on any atom is -0.355 e. The van der Waals surface area contributed by atoms with Crippen LogP contribution in [0.5, 0.6) is 0 Å². The number of nitrogens with one attached hydrogen (secondary N) is 2. The molecule has 1 aromatic carbocycles. The van der Waals surface area contributed by atoms with Crippen LogP contribution in [0, 0.1) is 0 Å². The van der Waals surface area contributed by atoms with Crippen molar-refractivity contribution < 1.29 is 22.8 Å². The van der Waals surface area contributed by atoms with Crippen LogP contribution in [-0.4, -0.2) is 54.5 Å². The maximum absolute atomic E-state index is 12.7. The molecule has 32 heavy (non-hydrogen) atoms. The Morgan fingerprint density at radius 1 is 0.969 bits per heavy atom. The molecule has 0 bridgehead atoms. The highest BCUT2D eigenvalue weighted by Gasteiger charge is 2.31. The molecule has 1 aliphatic rings. The summed E-state index contributed by atoms with van der Waals surface area (Å²) >= 11 is 0. The van der Waals surface area contributed by atoms with E-state index in [9.17, 15) is 22.8 Å². The van der Waals surface area contributed by atoms with Gasteiger partial charge in [0.2, 0.25) is 5.91 Å². The number of hydrogen-bond acceptors (Lipinski definition) is 4. The van der Waals surface area contributed by atoms with Crippen molar-refractivity contribution >= 4 is 17.8 Å². The zero-order valence-corrected chi connectivity index (χ0v) is 17.6. The third-order valence-corrected chi connectivity index (χ3v) is 5.17. The van der Waals surface area contributed by atoms with Crippen molar-refractivity contribution in [2.24, 2.45) is 0 Å². The van der Waals surface area contributed by atoms with Crippen LogP contribution in [0.4, 0.5) is 23.8 Å². The van der Waals surface area contributed by atoms with Gasteiger partial charge in [0.15, 0.2) is 0 Å². The molecule has 172 valence electrons. The molecule has 3 rings (SSSR count). The summed E-state index contributed by atoms with van der Waals surface area (Å²) < 4.78 is 38.1. The number of aromatic nitrogens is 1. The molecule has 1 saturated heterocycles. The zero-order chi connectivity index (χ0) is 23.0. The van der Waals surface area contributed by atoms with Gasteiger partial charge in [0.1, 0.15) is 5.82 Å². The fourth-order valence-electron chi connectivity index (χ4n) is 3.42. The number of hydrogen-bond donors (Lipinski definition) is 2. The Hall–Kier alpha value is -3.30. The Morgan fingerprint density at radius 3 is 2.44 bits per heavy atom. The predicted octanol–water partition coefficient (Wildman–Crippen LogP) is 3.03. The fraction of sp³-hybridized carbons (Fsp3) is 0.409. The molecule has 2 aromatic rings. The van der Waals surface area contributed by atoms with E-state index in [-0.39, 0.29) is 24.9 Å². The second-order valence-electron chi connectivity index (χ2n) is 7.47. The molecule has 0 saturated carbocycles. The average Bonchev–Trinajstić information content (AvgIpc) is 3.04. The van der Waals surface area contributed by atoms with Gasteiger partial charge >= 0.3 is 12.2 Å². The van der Waals surface area contributed by atoms with Gasteiger partial charge in [0.05, 0.1) is 5.56 Å². The second-order valence-corrected chi connectivity index (χ2v) is 7.47. The van der Waals surface area contributed by atoms with E-state index in [1.165, 1.54) is 6.07 Å². The van der Waals surface area contributed by atoms with E-state index in [4.69, 9.17) is 0 Å². The number of urea groups is 1. The van der Waals surface area contributed by atoms with Crippen molar-refractivity contribution in [3.8, 4) is 0 Å². The minimum atomic E-state index is -4.42. The van der Waals surface area contributed by atoms with E-state index in [1.54, 1.807) is 4.90 Å². The molecule has 0 unspecified atom stereocenters. The number of halogens is 3. The van der Waals surface area contributed by atoms with Gasteiger partial charge < -0.3 is 20.4 Å². The zero-order valence-electron chi connectivity index (χ0n) is 17.6. The second kappa shape index (κ2) is 10.8. The Balaban J connectivity index is 1.40. The SMILES string of the molecule is O=C(NCCC(=O)N1CCCN(c2ccc(C(F)(F)F)cn2)CC1)NCc1ccccc1. The Morgan fingerprint density at radius 2 is 1.75 bits per heavy atom. The topological polar surface area (TPSA) is 77.6 Å². The molecule has 1 aromatic heterocycles. The first kappa shape index (κ1) is 23.4. The summed E-state index contributed by atoms with van der Waals surface area (Å²) in [6, 6.07) is 11.5. The van der Waals surface area contributed by atoms with Crippen LogP contribution in [0.25, 0.3) is 0 Å². The first-order valence-corrected chi connectivity index (χ1v) is 10.4. The van der Waals surface area contributed by atoms with Crippen molar-refractivity contribution in [3.63, 3.8) is 0 Å². The van der Waals surface area contributed by atoms with E-state index < -0.39 is 11.7 Å². The van der Waals surface area contributed by atoms with E-state index in [0.29, 0.717) is 45.0 Å². The van der Waals surface area contributed by atoms with Gasteiger partial charge in [-0.15, -0.1) is 0 Å². The fourth-order valence-corrected chi connectivity index (χ4v) is 3.42. The molecule has 1 aliphatic heterocycles. The van der Waals surface area contributed by atoms with Gasteiger partial charge in [0.25, 0.3) is 0 Å². The third kappa shape index (κ3) is 6.86. The highest BCUT2D eigenvalue weighted by atomic mass is 19.4. The molecule has 2 heterocycles. The molecule has 0 spiro atoms. The van der Waals surface area contributed by atoms with Crippen molar-refractivity contribution in [3.05, 3.63) is 59.8 Å². The number of pyridine rings is 1. The molecular weight excluding hydrogens is 423 g/mol. The van der Waals surface area contributed by atoms with E-state index in [1.807, 2.05) is 35.2 Å². The molecule has 0 radical (unpaired) electrons. The molecule has 2 N–H and O–H groups in total. The molecular formula is C22H26F3N5O2. The molecule has 3 amide bonds. The number of nitrogens with zero attached hydrogens (tertiary/aromatic N) is 3. The lowest BCUT2D eigenvalue weighted by Gasteiger charge is -2.23. The van der Waals surface area contributed by atoms with Crippen LogP contribution in [0.3, 0.4) is 0 Å². The molecule has 10 heteroatoms. The first-order valence-electron chi connectivity index (χ1n) is 10.4. The smallest absolute Gasteiger partial charge is 0.355 e. The number of rotatable bonds is 6. The number of carbonyl (C=O) groups is 2. The normalized spacial score (nSPS) is 14.6. The van der Waals surface area contributed by atoms with Crippen LogP contribution in [0.15, 0.2) is 48.7 Å². The number of anilines is 1. The standard InChI is InChI=1S/C22H26F3N5O2/c23-22(24,25)18-7-8-19(27-16-18)29-11-4-12-30(14-13-29)20(31)9-10-26-21(32)28-15-17-5-2-1-3-6-17/h1-3,5-8,16H,4,9-15H2,(H2,26,28,32). The monoisotopic (exact) mass is 449 g/mol. The summed E-state index contributed by atoms with van der Waals surface area (Å²) in [5, 5.41) is 5.42. The van der Waals surface area contributed by atoms with Crippen molar-refractivity contribution in [1.29, 1.82) is 0 Å². The Kier molecular flexibility index (Phi) is 7.91. The largest absolute Gasteiger partial charge is 0.417 e. The van der Waals surface area contributed by atoms with Gasteiger partial charge in [-0.05, 0) is 24.1 Å². The maximum atomic E-state index is 12.7. The average molecular weight is 449 g/mol. The quantitative estimate of drug-likeness (QED) is 0.711. The highest BCUT2D eigenvalue weighted by molar-refractivity contribution is 5.78. The lowest BCUT2D eigenvalue weighted by atomic mass is 10.2. The number of carbonyl (C=O) groups excluding carboxylic acids is 2. The summed E-state index contributed by atoms with van der Waals surface area (Å²) in [5.74, 6) is 0.389.